The summed E-state index contributed by atoms with van der Waals surface area (Å²) in [5, 5.41) is 2.61. The van der Waals surface area contributed by atoms with E-state index in [9.17, 15) is 4.79 Å². The van der Waals surface area contributed by atoms with Crippen molar-refractivity contribution in [2.24, 2.45) is 5.92 Å². The molecule has 0 fully saturated rings. The fraction of sp³-hybridized carbons (Fsp3) is 0.364. The van der Waals surface area contributed by atoms with Crippen molar-refractivity contribution in [1.29, 1.82) is 0 Å². The Labute approximate surface area is 117 Å². The minimum atomic E-state index is -0.506. The maximum absolute atomic E-state index is 11.5. The van der Waals surface area contributed by atoms with Gasteiger partial charge in [-0.3, -0.25) is 5.32 Å². The molecule has 4 nitrogen and oxygen atoms in total. The molecule has 0 unspecified atom stereocenters. The van der Waals surface area contributed by atoms with Crippen molar-refractivity contribution in [3.05, 3.63) is 21.1 Å². The molecule has 94 valence electrons. The Balaban J connectivity index is 2.72. The molecule has 0 aliphatic rings. The Kier molecular flexibility index (Phi) is 5.27. The first kappa shape index (κ1) is 14.3. The van der Waals surface area contributed by atoms with E-state index in [0.29, 0.717) is 28.4 Å². The normalized spacial score (nSPS) is 10.4. The van der Waals surface area contributed by atoms with E-state index in [-0.39, 0.29) is 0 Å². The number of hydrogen-bond donors (Lipinski definition) is 2. The summed E-state index contributed by atoms with van der Waals surface area (Å²) in [6, 6.07) is 3.51. The molecule has 6 heteroatoms. The van der Waals surface area contributed by atoms with E-state index in [1.165, 1.54) is 0 Å². The molecule has 0 saturated carbocycles. The van der Waals surface area contributed by atoms with Crippen LogP contribution < -0.4 is 11.1 Å². The minimum Gasteiger partial charge on any atom is -0.449 e. The zero-order valence-corrected chi connectivity index (χ0v) is 12.8. The summed E-state index contributed by atoms with van der Waals surface area (Å²) in [6.45, 7) is 4.31. The third-order valence-electron chi connectivity index (χ3n) is 1.86. The van der Waals surface area contributed by atoms with E-state index in [0.717, 1.165) is 4.47 Å². The molecule has 0 atom stereocenters. The third kappa shape index (κ3) is 4.55. The molecule has 17 heavy (non-hydrogen) atoms. The Bertz CT molecular complexity index is 399. The van der Waals surface area contributed by atoms with Gasteiger partial charge in [0.2, 0.25) is 0 Å². The number of nitrogen functional groups attached to an aromatic ring is 1. The standard InChI is InChI=1S/C11H14Br2N2O2/c1-6(2)5-17-11(16)15-10-8(13)3-7(12)4-9(10)14/h3-4,6H,5,14H2,1-2H3,(H,15,16). The third-order valence-corrected chi connectivity index (χ3v) is 2.94. The van der Waals surface area contributed by atoms with Crippen molar-refractivity contribution in [2.75, 3.05) is 17.7 Å². The molecule has 1 amide bonds. The monoisotopic (exact) mass is 364 g/mol. The van der Waals surface area contributed by atoms with Gasteiger partial charge < -0.3 is 10.5 Å². The topological polar surface area (TPSA) is 64.3 Å². The van der Waals surface area contributed by atoms with E-state index < -0.39 is 6.09 Å². The number of nitrogens with two attached hydrogens (primary N) is 1. The van der Waals surface area contributed by atoms with Crippen LogP contribution in [0.5, 0.6) is 0 Å². The van der Waals surface area contributed by atoms with Crippen LogP contribution in [-0.2, 0) is 4.74 Å². The van der Waals surface area contributed by atoms with Gasteiger partial charge in [-0.2, -0.15) is 0 Å². The molecule has 0 spiro atoms. The maximum Gasteiger partial charge on any atom is 0.411 e. The molecular weight excluding hydrogens is 352 g/mol. The highest BCUT2D eigenvalue weighted by molar-refractivity contribution is 9.11. The van der Waals surface area contributed by atoms with E-state index in [1.807, 2.05) is 13.8 Å². The second-order valence-corrected chi connectivity index (χ2v) is 5.74. The number of anilines is 2. The number of carbonyl (C=O) groups is 1. The van der Waals surface area contributed by atoms with Crippen molar-refractivity contribution in [1.82, 2.24) is 0 Å². The average molecular weight is 366 g/mol. The molecule has 1 aromatic rings. The number of carbonyl (C=O) groups excluding carboxylic acids is 1. The number of nitrogens with one attached hydrogen (secondary N) is 1. The van der Waals surface area contributed by atoms with Gasteiger partial charge in [-0.25, -0.2) is 4.79 Å². The van der Waals surface area contributed by atoms with Crippen LogP contribution in [-0.4, -0.2) is 12.7 Å². The van der Waals surface area contributed by atoms with Gasteiger partial charge >= 0.3 is 6.09 Å². The van der Waals surface area contributed by atoms with E-state index in [4.69, 9.17) is 10.5 Å². The number of benzene rings is 1. The Hall–Kier alpha value is -0.750. The molecule has 0 radical (unpaired) electrons. The first-order valence-electron chi connectivity index (χ1n) is 5.08. The zero-order valence-electron chi connectivity index (χ0n) is 9.59. The molecule has 0 saturated heterocycles. The van der Waals surface area contributed by atoms with Crippen molar-refractivity contribution < 1.29 is 9.53 Å². The van der Waals surface area contributed by atoms with Crippen LogP contribution >= 0.6 is 31.9 Å². The highest BCUT2D eigenvalue weighted by Gasteiger charge is 2.11. The van der Waals surface area contributed by atoms with Crippen molar-refractivity contribution in [2.45, 2.75) is 13.8 Å². The Morgan fingerprint density at radius 2 is 2.12 bits per heavy atom. The van der Waals surface area contributed by atoms with Gasteiger partial charge in [-0.15, -0.1) is 0 Å². The number of hydrogen-bond acceptors (Lipinski definition) is 3. The lowest BCUT2D eigenvalue weighted by Gasteiger charge is -2.12. The molecular formula is C11H14Br2N2O2. The fourth-order valence-corrected chi connectivity index (χ4v) is 2.46. The summed E-state index contributed by atoms with van der Waals surface area (Å²) in [5.41, 5.74) is 6.78. The molecule has 0 heterocycles. The van der Waals surface area contributed by atoms with Crippen LogP contribution in [0.1, 0.15) is 13.8 Å². The predicted octanol–water partition coefficient (Wildman–Crippen LogP) is 4.00. The van der Waals surface area contributed by atoms with E-state index >= 15 is 0 Å². The lowest BCUT2D eigenvalue weighted by Crippen LogP contribution is -2.17. The summed E-state index contributed by atoms with van der Waals surface area (Å²) in [6.07, 6.45) is -0.506. The summed E-state index contributed by atoms with van der Waals surface area (Å²) in [7, 11) is 0. The fourth-order valence-electron chi connectivity index (χ4n) is 1.11. The first-order valence-corrected chi connectivity index (χ1v) is 6.67. The van der Waals surface area contributed by atoms with E-state index in [1.54, 1.807) is 12.1 Å². The van der Waals surface area contributed by atoms with Gasteiger partial charge in [0, 0.05) is 8.95 Å². The first-order chi connectivity index (χ1) is 7.90. The highest BCUT2D eigenvalue weighted by atomic mass is 79.9. The number of rotatable bonds is 3. The Morgan fingerprint density at radius 3 is 2.65 bits per heavy atom. The molecule has 0 aliphatic carbocycles. The smallest absolute Gasteiger partial charge is 0.411 e. The summed E-state index contributed by atoms with van der Waals surface area (Å²) in [5.74, 6) is 0.298. The van der Waals surface area contributed by atoms with Crippen molar-refractivity contribution in [3.8, 4) is 0 Å². The van der Waals surface area contributed by atoms with E-state index in [2.05, 4.69) is 37.2 Å². The van der Waals surface area contributed by atoms with Gasteiger partial charge in [-0.1, -0.05) is 29.8 Å². The maximum atomic E-state index is 11.5. The van der Waals surface area contributed by atoms with Crippen LogP contribution in [0.15, 0.2) is 21.1 Å². The summed E-state index contributed by atoms with van der Waals surface area (Å²) >= 11 is 6.64. The number of ether oxygens (including phenoxy) is 1. The van der Waals surface area contributed by atoms with Crippen LogP contribution in [0.25, 0.3) is 0 Å². The SMILES string of the molecule is CC(C)COC(=O)Nc1c(N)cc(Br)cc1Br. The largest absolute Gasteiger partial charge is 0.449 e. The lowest BCUT2D eigenvalue weighted by molar-refractivity contribution is 0.147. The van der Waals surface area contributed by atoms with Gasteiger partial charge in [0.05, 0.1) is 18.0 Å². The quantitative estimate of drug-likeness (QED) is 0.795. The second-order valence-electron chi connectivity index (χ2n) is 3.97. The molecule has 0 bridgehead atoms. The van der Waals surface area contributed by atoms with Crippen molar-refractivity contribution in [3.63, 3.8) is 0 Å². The number of halogens is 2. The minimum absolute atomic E-state index is 0.298. The predicted molar refractivity (Wildman–Crippen MR) is 76.1 cm³/mol. The molecule has 0 aliphatic heterocycles. The zero-order chi connectivity index (χ0) is 13.0. The summed E-state index contributed by atoms with van der Waals surface area (Å²) in [4.78, 5) is 11.5. The molecule has 1 rings (SSSR count). The van der Waals surface area contributed by atoms with Gasteiger partial charge in [0.1, 0.15) is 0 Å². The molecule has 3 N–H and O–H groups in total. The Morgan fingerprint density at radius 1 is 1.47 bits per heavy atom. The average Bonchev–Trinajstić information content (AvgIpc) is 2.20. The molecule has 0 aromatic heterocycles. The van der Waals surface area contributed by atoms with Crippen LogP contribution in [0.4, 0.5) is 16.2 Å². The summed E-state index contributed by atoms with van der Waals surface area (Å²) < 4.78 is 6.55. The van der Waals surface area contributed by atoms with Gasteiger partial charge in [0.25, 0.3) is 0 Å². The second kappa shape index (κ2) is 6.26. The van der Waals surface area contributed by atoms with Crippen LogP contribution in [0.3, 0.4) is 0 Å². The number of amides is 1. The lowest BCUT2D eigenvalue weighted by atomic mass is 10.2. The molecule has 1 aromatic carbocycles. The van der Waals surface area contributed by atoms with Crippen molar-refractivity contribution >= 4 is 49.3 Å². The van der Waals surface area contributed by atoms with Gasteiger partial charge in [0.15, 0.2) is 0 Å². The highest BCUT2D eigenvalue weighted by Crippen LogP contribution is 2.32. The van der Waals surface area contributed by atoms with Crippen LogP contribution in [0, 0.1) is 5.92 Å². The van der Waals surface area contributed by atoms with Gasteiger partial charge in [-0.05, 0) is 34.0 Å². The van der Waals surface area contributed by atoms with Crippen LogP contribution in [0.2, 0.25) is 0 Å².